The van der Waals surface area contributed by atoms with E-state index >= 15 is 0 Å². The van der Waals surface area contributed by atoms with E-state index in [2.05, 4.69) is 35.4 Å². The Labute approximate surface area is 154 Å². The van der Waals surface area contributed by atoms with Crippen molar-refractivity contribution in [2.45, 2.75) is 26.9 Å². The number of amides is 3. The zero-order valence-corrected chi connectivity index (χ0v) is 15.3. The van der Waals surface area contributed by atoms with Gasteiger partial charge in [0.25, 0.3) is 5.91 Å². The highest BCUT2D eigenvalue weighted by atomic mass is 16.2. The first-order chi connectivity index (χ1) is 12.5. The minimum atomic E-state index is -0.659. The number of hydrogen-bond acceptors (Lipinski definition) is 3. The van der Waals surface area contributed by atoms with Crippen molar-refractivity contribution >= 4 is 17.6 Å². The minimum absolute atomic E-state index is 0.198. The van der Waals surface area contributed by atoms with Gasteiger partial charge < -0.3 is 16.4 Å². The zero-order chi connectivity index (χ0) is 18.9. The van der Waals surface area contributed by atoms with Crippen molar-refractivity contribution < 1.29 is 9.59 Å². The number of carbonyl (C=O) groups excluding carboxylic acids is 2. The van der Waals surface area contributed by atoms with Crippen molar-refractivity contribution in [2.24, 2.45) is 5.73 Å². The molecule has 0 aromatic heterocycles. The van der Waals surface area contributed by atoms with E-state index in [1.165, 1.54) is 5.56 Å². The molecule has 0 heterocycles. The summed E-state index contributed by atoms with van der Waals surface area (Å²) in [6.45, 7) is 7.55. The molecule has 0 spiro atoms. The maximum absolute atomic E-state index is 12.4. The average Bonchev–Trinajstić information content (AvgIpc) is 2.64. The van der Waals surface area contributed by atoms with Crippen LogP contribution in [-0.4, -0.2) is 29.9 Å². The van der Waals surface area contributed by atoms with Crippen LogP contribution in [0.1, 0.15) is 35.3 Å². The van der Waals surface area contributed by atoms with Crippen LogP contribution in [0.4, 0.5) is 10.5 Å². The fraction of sp³-hybridized carbons (Fsp3) is 0.300. The first-order valence-electron chi connectivity index (χ1n) is 8.77. The van der Waals surface area contributed by atoms with Gasteiger partial charge in [-0.05, 0) is 42.4 Å². The summed E-state index contributed by atoms with van der Waals surface area (Å²) in [5, 5.41) is 5.41. The third-order valence-corrected chi connectivity index (χ3v) is 4.24. The summed E-state index contributed by atoms with van der Waals surface area (Å²) in [5.74, 6) is -0.198. The lowest BCUT2D eigenvalue weighted by atomic mass is 10.1. The molecule has 26 heavy (non-hydrogen) atoms. The number of primary amides is 1. The van der Waals surface area contributed by atoms with Gasteiger partial charge in [0.2, 0.25) is 0 Å². The normalized spacial score (nSPS) is 10.6. The topological polar surface area (TPSA) is 87.5 Å². The van der Waals surface area contributed by atoms with Crippen molar-refractivity contribution in [3.05, 3.63) is 65.2 Å². The number of hydrogen-bond donors (Lipinski definition) is 3. The fourth-order valence-electron chi connectivity index (χ4n) is 2.73. The van der Waals surface area contributed by atoms with Crippen LogP contribution in [-0.2, 0) is 13.1 Å². The molecule has 3 amide bonds. The predicted molar refractivity (Wildman–Crippen MR) is 104 cm³/mol. The maximum atomic E-state index is 12.4. The number of benzene rings is 2. The molecule has 0 saturated heterocycles. The summed E-state index contributed by atoms with van der Waals surface area (Å²) < 4.78 is 0. The van der Waals surface area contributed by atoms with Crippen molar-refractivity contribution in [1.82, 2.24) is 10.2 Å². The van der Waals surface area contributed by atoms with Gasteiger partial charge in [0.05, 0.1) is 0 Å². The highest BCUT2D eigenvalue weighted by molar-refractivity contribution is 5.96. The van der Waals surface area contributed by atoms with E-state index in [0.717, 1.165) is 25.2 Å². The van der Waals surface area contributed by atoms with Crippen LogP contribution in [0, 0.1) is 0 Å². The van der Waals surface area contributed by atoms with E-state index in [0.29, 0.717) is 17.8 Å². The second-order valence-corrected chi connectivity index (χ2v) is 5.98. The van der Waals surface area contributed by atoms with Crippen molar-refractivity contribution in [3.63, 3.8) is 0 Å². The summed E-state index contributed by atoms with van der Waals surface area (Å²) in [4.78, 5) is 25.7. The minimum Gasteiger partial charge on any atom is -0.351 e. The van der Waals surface area contributed by atoms with Crippen LogP contribution < -0.4 is 16.4 Å². The number of rotatable bonds is 8. The Bertz CT molecular complexity index is 757. The summed E-state index contributed by atoms with van der Waals surface area (Å²) >= 11 is 0. The van der Waals surface area contributed by atoms with Gasteiger partial charge in [-0.1, -0.05) is 44.2 Å². The second kappa shape index (κ2) is 9.58. The lowest BCUT2D eigenvalue weighted by Gasteiger charge is -2.20. The van der Waals surface area contributed by atoms with Gasteiger partial charge in [0, 0.05) is 24.3 Å². The molecule has 0 aliphatic heterocycles. The number of nitrogens with one attached hydrogen (secondary N) is 2. The summed E-state index contributed by atoms with van der Waals surface area (Å²) in [5.41, 5.74) is 8.38. The van der Waals surface area contributed by atoms with Gasteiger partial charge in [0.15, 0.2) is 0 Å². The number of nitrogens with two attached hydrogens (primary N) is 1. The Hall–Kier alpha value is -2.86. The maximum Gasteiger partial charge on any atom is 0.316 e. The summed E-state index contributed by atoms with van der Waals surface area (Å²) in [6.07, 6.45) is 0. The summed E-state index contributed by atoms with van der Waals surface area (Å²) in [7, 11) is 0. The van der Waals surface area contributed by atoms with Crippen molar-refractivity contribution in [2.75, 3.05) is 18.4 Å². The molecule has 0 saturated carbocycles. The largest absolute Gasteiger partial charge is 0.351 e. The van der Waals surface area contributed by atoms with Gasteiger partial charge in [-0.25, -0.2) is 4.79 Å². The second-order valence-electron chi connectivity index (χ2n) is 5.98. The van der Waals surface area contributed by atoms with E-state index in [9.17, 15) is 9.59 Å². The van der Waals surface area contributed by atoms with Gasteiger partial charge in [-0.15, -0.1) is 0 Å². The molecular weight excluding hydrogens is 328 g/mol. The van der Waals surface area contributed by atoms with E-state index < -0.39 is 6.03 Å². The van der Waals surface area contributed by atoms with Gasteiger partial charge >= 0.3 is 6.03 Å². The highest BCUT2D eigenvalue weighted by Gasteiger charge is 2.10. The molecule has 0 bridgehead atoms. The van der Waals surface area contributed by atoms with Gasteiger partial charge in [-0.2, -0.15) is 0 Å². The molecule has 0 aliphatic rings. The first-order valence-corrected chi connectivity index (χ1v) is 8.77. The Morgan fingerprint density at radius 1 is 1.00 bits per heavy atom. The van der Waals surface area contributed by atoms with Crippen LogP contribution in [0.25, 0.3) is 0 Å². The van der Waals surface area contributed by atoms with E-state index in [4.69, 9.17) is 5.73 Å². The predicted octanol–water partition coefficient (Wildman–Crippen LogP) is 2.95. The number of nitrogens with zero attached hydrogens (tertiary/aromatic N) is 1. The van der Waals surface area contributed by atoms with E-state index in [-0.39, 0.29) is 5.91 Å². The van der Waals surface area contributed by atoms with Crippen molar-refractivity contribution in [1.29, 1.82) is 0 Å². The third kappa shape index (κ3) is 5.60. The van der Waals surface area contributed by atoms with Crippen LogP contribution in [0.5, 0.6) is 0 Å². The van der Waals surface area contributed by atoms with Crippen LogP contribution in [0.15, 0.2) is 48.5 Å². The summed E-state index contributed by atoms with van der Waals surface area (Å²) in [6, 6.07) is 14.1. The fourth-order valence-corrected chi connectivity index (χ4v) is 2.73. The molecule has 2 rings (SSSR count). The smallest absolute Gasteiger partial charge is 0.316 e. The number of anilines is 1. The lowest BCUT2D eigenvalue weighted by molar-refractivity contribution is 0.0950. The number of urea groups is 1. The van der Waals surface area contributed by atoms with Crippen LogP contribution in [0.3, 0.4) is 0 Å². The number of carbonyl (C=O) groups is 2. The molecule has 4 N–H and O–H groups in total. The van der Waals surface area contributed by atoms with E-state index in [1.54, 1.807) is 24.3 Å². The van der Waals surface area contributed by atoms with Crippen LogP contribution in [0.2, 0.25) is 0 Å². The first kappa shape index (κ1) is 19.5. The Morgan fingerprint density at radius 2 is 1.69 bits per heavy atom. The molecule has 0 fully saturated rings. The van der Waals surface area contributed by atoms with Crippen LogP contribution >= 0.6 is 0 Å². The van der Waals surface area contributed by atoms with Gasteiger partial charge in [0.1, 0.15) is 0 Å². The molecule has 2 aromatic carbocycles. The zero-order valence-electron chi connectivity index (χ0n) is 15.3. The lowest BCUT2D eigenvalue weighted by Crippen LogP contribution is -2.26. The molecule has 0 aliphatic carbocycles. The monoisotopic (exact) mass is 354 g/mol. The molecule has 6 heteroatoms. The molecule has 0 unspecified atom stereocenters. The highest BCUT2D eigenvalue weighted by Crippen LogP contribution is 2.13. The molecule has 0 atom stereocenters. The quantitative estimate of drug-likeness (QED) is 0.681. The van der Waals surface area contributed by atoms with Crippen molar-refractivity contribution in [3.8, 4) is 0 Å². The average molecular weight is 354 g/mol. The molecule has 6 nitrogen and oxygen atoms in total. The molecule has 0 radical (unpaired) electrons. The van der Waals surface area contributed by atoms with Gasteiger partial charge in [-0.3, -0.25) is 9.69 Å². The molecule has 138 valence electrons. The molecular formula is C20H26N4O2. The standard InChI is InChI=1S/C20H26N4O2/c1-3-24(4-2)14-17-9-6-5-8-16(17)13-22-19(25)15-10-7-11-18(12-15)23-20(21)26/h5-12H,3-4,13-14H2,1-2H3,(H,22,25)(H3,21,23,26). The Balaban J connectivity index is 2.04. The molecule has 2 aromatic rings. The van der Waals surface area contributed by atoms with E-state index in [1.807, 2.05) is 18.2 Å². The Morgan fingerprint density at radius 3 is 2.35 bits per heavy atom. The Kier molecular flexibility index (Phi) is 7.17. The SMILES string of the molecule is CCN(CC)Cc1ccccc1CNC(=O)c1cccc(NC(N)=O)c1. The third-order valence-electron chi connectivity index (χ3n) is 4.24.